The van der Waals surface area contributed by atoms with E-state index < -0.39 is 0 Å². The van der Waals surface area contributed by atoms with Gasteiger partial charge in [-0.1, -0.05) is 18.2 Å². The average molecular weight is 295 g/mol. The Morgan fingerprint density at radius 2 is 2.14 bits per heavy atom. The van der Waals surface area contributed by atoms with Gasteiger partial charge >= 0.3 is 0 Å². The molecule has 114 valence electrons. The summed E-state index contributed by atoms with van der Waals surface area (Å²) in [5, 5.41) is 12.2. The van der Waals surface area contributed by atoms with Crippen molar-refractivity contribution in [3.05, 3.63) is 42.0 Å². The topological polar surface area (TPSA) is 53.2 Å². The van der Waals surface area contributed by atoms with E-state index in [1.54, 1.807) is 0 Å². The maximum absolute atomic E-state index is 12.5. The minimum Gasteiger partial charge on any atom is -0.388 e. The number of anilines is 1. The smallest absolute Gasteiger partial charge is 0.251 e. The number of nitrogens with one attached hydrogen (secondary N) is 3. The van der Waals surface area contributed by atoms with Crippen LogP contribution in [0.2, 0.25) is 0 Å². The highest BCUT2D eigenvalue weighted by atomic mass is 16.1. The third-order valence-corrected chi connectivity index (χ3v) is 5.03. The van der Waals surface area contributed by atoms with E-state index in [2.05, 4.69) is 16.0 Å². The quantitative estimate of drug-likeness (QED) is 0.815. The molecule has 0 aromatic heterocycles. The van der Waals surface area contributed by atoms with Gasteiger partial charge in [-0.25, -0.2) is 0 Å². The van der Waals surface area contributed by atoms with Crippen molar-refractivity contribution in [1.29, 1.82) is 0 Å². The van der Waals surface area contributed by atoms with Crippen LogP contribution in [0.1, 0.15) is 29.6 Å². The molecule has 4 heteroatoms. The monoisotopic (exact) mass is 295 g/mol. The minimum absolute atomic E-state index is 0.0381. The molecule has 2 heterocycles. The molecule has 1 amide bonds. The molecule has 3 unspecified atom stereocenters. The molecule has 0 saturated carbocycles. The highest BCUT2D eigenvalue weighted by Crippen LogP contribution is 2.29. The number of carbonyl (C=O) groups excluding carboxylic acids is 1. The fourth-order valence-electron chi connectivity index (χ4n) is 3.88. The molecule has 2 saturated heterocycles. The first-order chi connectivity index (χ1) is 10.7. The molecular formula is C18H21N3O. The fourth-order valence-corrected chi connectivity index (χ4v) is 3.88. The molecule has 3 atom stereocenters. The summed E-state index contributed by atoms with van der Waals surface area (Å²) in [6.45, 7) is 0. The normalized spacial score (nSPS) is 26.3. The molecule has 22 heavy (non-hydrogen) atoms. The Kier molecular flexibility index (Phi) is 3.26. The van der Waals surface area contributed by atoms with Crippen LogP contribution in [0.4, 0.5) is 5.69 Å². The van der Waals surface area contributed by atoms with Crippen LogP contribution in [0.3, 0.4) is 0 Å². The lowest BCUT2D eigenvalue weighted by Crippen LogP contribution is -2.42. The Morgan fingerprint density at radius 1 is 1.23 bits per heavy atom. The molecule has 3 N–H and O–H groups in total. The van der Waals surface area contributed by atoms with E-state index in [9.17, 15) is 4.79 Å². The highest BCUT2D eigenvalue weighted by molar-refractivity contribution is 6.01. The molecule has 2 aliphatic heterocycles. The van der Waals surface area contributed by atoms with E-state index in [4.69, 9.17) is 0 Å². The van der Waals surface area contributed by atoms with Crippen molar-refractivity contribution in [2.24, 2.45) is 0 Å². The second-order valence-corrected chi connectivity index (χ2v) is 6.35. The summed E-state index contributed by atoms with van der Waals surface area (Å²) in [5.74, 6) is 0.0381. The summed E-state index contributed by atoms with van der Waals surface area (Å²) >= 11 is 0. The van der Waals surface area contributed by atoms with E-state index in [1.165, 1.54) is 12.8 Å². The third kappa shape index (κ3) is 2.24. The first-order valence-electron chi connectivity index (χ1n) is 8.02. The van der Waals surface area contributed by atoms with Gasteiger partial charge in [0.15, 0.2) is 0 Å². The van der Waals surface area contributed by atoms with Crippen LogP contribution in [-0.2, 0) is 0 Å². The Labute approximate surface area is 130 Å². The Balaban J connectivity index is 1.57. The number of amides is 1. The zero-order valence-corrected chi connectivity index (χ0v) is 12.7. The molecule has 2 aromatic rings. The Hall–Kier alpha value is -2.07. The van der Waals surface area contributed by atoms with Crippen molar-refractivity contribution in [3.63, 3.8) is 0 Å². The van der Waals surface area contributed by atoms with Gasteiger partial charge in [-0.15, -0.1) is 0 Å². The van der Waals surface area contributed by atoms with Crippen LogP contribution in [0.5, 0.6) is 0 Å². The predicted octanol–water partition coefficient (Wildman–Crippen LogP) is 2.50. The number of hydrogen-bond donors (Lipinski definition) is 3. The summed E-state index contributed by atoms with van der Waals surface area (Å²) in [6, 6.07) is 13.4. The van der Waals surface area contributed by atoms with Gasteiger partial charge in [-0.3, -0.25) is 4.79 Å². The van der Waals surface area contributed by atoms with E-state index in [0.29, 0.717) is 12.1 Å². The summed E-state index contributed by atoms with van der Waals surface area (Å²) in [7, 11) is 1.91. The maximum Gasteiger partial charge on any atom is 0.251 e. The number of fused-ring (bicyclic) bond motifs is 3. The largest absolute Gasteiger partial charge is 0.388 e. The number of rotatable bonds is 3. The first-order valence-corrected chi connectivity index (χ1v) is 8.02. The van der Waals surface area contributed by atoms with Crippen molar-refractivity contribution >= 4 is 22.4 Å². The lowest BCUT2D eigenvalue weighted by molar-refractivity contribution is 0.0931. The Bertz CT molecular complexity index is 727. The summed E-state index contributed by atoms with van der Waals surface area (Å²) in [5.41, 5.74) is 1.82. The molecule has 4 rings (SSSR count). The van der Waals surface area contributed by atoms with Gasteiger partial charge in [0.25, 0.3) is 5.91 Å². The van der Waals surface area contributed by atoms with Gasteiger partial charge in [0.05, 0.1) is 0 Å². The molecule has 2 fully saturated rings. The second-order valence-electron chi connectivity index (χ2n) is 6.35. The number of hydrogen-bond acceptors (Lipinski definition) is 3. The standard InChI is InChI=1S/C18H21N3O/c1-19-15-4-2-3-11-9-12(5-7-14(11)15)18(22)21-17-10-13-6-8-16(17)20-13/h2-5,7,9,13,16-17,19-20H,6,8,10H2,1H3,(H,21,22). The van der Waals surface area contributed by atoms with Crippen LogP contribution in [0.25, 0.3) is 10.8 Å². The van der Waals surface area contributed by atoms with E-state index in [-0.39, 0.29) is 11.9 Å². The van der Waals surface area contributed by atoms with Crippen LogP contribution < -0.4 is 16.0 Å². The van der Waals surface area contributed by atoms with Gasteiger partial charge in [0, 0.05) is 41.8 Å². The zero-order chi connectivity index (χ0) is 15.1. The lowest BCUT2D eigenvalue weighted by atomic mass is 9.95. The van der Waals surface area contributed by atoms with Gasteiger partial charge in [0.1, 0.15) is 0 Å². The predicted molar refractivity (Wildman–Crippen MR) is 89.3 cm³/mol. The van der Waals surface area contributed by atoms with Crippen LogP contribution in [-0.4, -0.2) is 31.1 Å². The van der Waals surface area contributed by atoms with Gasteiger partial charge < -0.3 is 16.0 Å². The van der Waals surface area contributed by atoms with E-state index in [1.807, 2.05) is 43.4 Å². The number of carbonyl (C=O) groups is 1. The van der Waals surface area contributed by atoms with Crippen molar-refractivity contribution < 1.29 is 4.79 Å². The van der Waals surface area contributed by atoms with Crippen molar-refractivity contribution in [2.75, 3.05) is 12.4 Å². The summed E-state index contributed by atoms with van der Waals surface area (Å²) in [4.78, 5) is 12.5. The van der Waals surface area contributed by atoms with Crippen LogP contribution in [0, 0.1) is 0 Å². The number of benzene rings is 2. The fraction of sp³-hybridized carbons (Fsp3) is 0.389. The minimum atomic E-state index is 0.0381. The molecule has 4 nitrogen and oxygen atoms in total. The van der Waals surface area contributed by atoms with Crippen LogP contribution in [0.15, 0.2) is 36.4 Å². The van der Waals surface area contributed by atoms with Gasteiger partial charge in [0.2, 0.25) is 0 Å². The van der Waals surface area contributed by atoms with Crippen molar-refractivity contribution in [1.82, 2.24) is 10.6 Å². The molecule has 0 radical (unpaired) electrons. The summed E-state index contributed by atoms with van der Waals surface area (Å²) < 4.78 is 0. The first kappa shape index (κ1) is 13.6. The van der Waals surface area contributed by atoms with E-state index >= 15 is 0 Å². The van der Waals surface area contributed by atoms with Gasteiger partial charge in [-0.2, -0.15) is 0 Å². The molecule has 2 aliphatic rings. The molecule has 0 spiro atoms. The maximum atomic E-state index is 12.5. The lowest BCUT2D eigenvalue weighted by Gasteiger charge is -2.21. The zero-order valence-electron chi connectivity index (χ0n) is 12.7. The molecule has 2 aromatic carbocycles. The summed E-state index contributed by atoms with van der Waals surface area (Å²) in [6.07, 6.45) is 3.49. The van der Waals surface area contributed by atoms with Crippen molar-refractivity contribution in [3.8, 4) is 0 Å². The van der Waals surface area contributed by atoms with Crippen LogP contribution >= 0.6 is 0 Å². The molecule has 2 bridgehead atoms. The van der Waals surface area contributed by atoms with Crippen molar-refractivity contribution in [2.45, 2.75) is 37.4 Å². The van der Waals surface area contributed by atoms with Gasteiger partial charge in [-0.05, 0) is 42.8 Å². The SMILES string of the molecule is CNc1cccc2cc(C(=O)NC3CC4CCC3N4)ccc12. The Morgan fingerprint density at radius 3 is 2.86 bits per heavy atom. The molecule has 0 aliphatic carbocycles. The average Bonchev–Trinajstić information content (AvgIpc) is 3.16. The molecular weight excluding hydrogens is 274 g/mol. The van der Waals surface area contributed by atoms with E-state index in [0.717, 1.165) is 28.4 Å². The second kappa shape index (κ2) is 5.29. The third-order valence-electron chi connectivity index (χ3n) is 5.03. The highest BCUT2D eigenvalue weighted by Gasteiger charge is 2.39.